The van der Waals surface area contributed by atoms with E-state index in [2.05, 4.69) is 0 Å². The average Bonchev–Trinajstić information content (AvgIpc) is 2.17. The first-order chi connectivity index (χ1) is 7.43. The molecule has 0 amide bonds. The second-order valence-electron chi connectivity index (χ2n) is 3.59. The summed E-state index contributed by atoms with van der Waals surface area (Å²) in [6.45, 7) is 4.54. The molecule has 16 heavy (non-hydrogen) atoms. The molecule has 1 atom stereocenters. The highest BCUT2D eigenvalue weighted by Gasteiger charge is 2.09. The summed E-state index contributed by atoms with van der Waals surface area (Å²) < 4.78 is 35.8. The van der Waals surface area contributed by atoms with Gasteiger partial charge in [0.05, 0.1) is 11.0 Å². The van der Waals surface area contributed by atoms with E-state index < -0.39 is 10.1 Å². The van der Waals surface area contributed by atoms with Gasteiger partial charge < -0.3 is 4.74 Å². The smallest absolute Gasteiger partial charge is 0.294 e. The molecule has 1 aromatic rings. The Morgan fingerprint density at radius 2 is 1.88 bits per heavy atom. The molecule has 5 heteroatoms. The van der Waals surface area contributed by atoms with Gasteiger partial charge in [-0.2, -0.15) is 8.42 Å². The van der Waals surface area contributed by atoms with Gasteiger partial charge in [0.1, 0.15) is 0 Å². The van der Waals surface area contributed by atoms with Gasteiger partial charge in [0.15, 0.2) is 0 Å². The van der Waals surface area contributed by atoms with Crippen molar-refractivity contribution in [3.05, 3.63) is 29.8 Å². The van der Waals surface area contributed by atoms with E-state index in [4.69, 9.17) is 9.29 Å². The number of hydrogen-bond acceptors (Lipinski definition) is 3. The Balaban J connectivity index is 2.72. The van der Waals surface area contributed by atoms with Crippen LogP contribution in [0.3, 0.4) is 0 Å². The molecule has 4 nitrogen and oxygen atoms in total. The summed E-state index contributed by atoms with van der Waals surface area (Å²) in [5, 5.41) is 0. The highest BCUT2D eigenvalue weighted by molar-refractivity contribution is 7.85. The minimum atomic E-state index is -4.09. The van der Waals surface area contributed by atoms with E-state index >= 15 is 0 Å². The topological polar surface area (TPSA) is 63.6 Å². The van der Waals surface area contributed by atoms with Gasteiger partial charge in [-0.05, 0) is 38.0 Å². The fourth-order valence-corrected chi connectivity index (χ4v) is 1.95. The van der Waals surface area contributed by atoms with Crippen LogP contribution in [-0.4, -0.2) is 25.7 Å². The van der Waals surface area contributed by atoms with Crippen molar-refractivity contribution >= 4 is 10.1 Å². The van der Waals surface area contributed by atoms with Crippen molar-refractivity contribution in [2.75, 3.05) is 6.61 Å². The van der Waals surface area contributed by atoms with Crippen molar-refractivity contribution in [1.82, 2.24) is 0 Å². The zero-order chi connectivity index (χ0) is 12.2. The maximum Gasteiger partial charge on any atom is 0.294 e. The summed E-state index contributed by atoms with van der Waals surface area (Å²) in [4.78, 5) is -0.0830. The standard InChI is InChI=1S/C11H16O4S/c1-3-15-9(2)8-10-4-6-11(7-5-10)16(12,13)14/h4-7,9H,3,8H2,1-2H3,(H,12,13,14). The van der Waals surface area contributed by atoms with E-state index in [1.54, 1.807) is 12.1 Å². The molecule has 0 radical (unpaired) electrons. The van der Waals surface area contributed by atoms with Crippen LogP contribution in [0.2, 0.25) is 0 Å². The van der Waals surface area contributed by atoms with E-state index in [1.807, 2.05) is 13.8 Å². The zero-order valence-electron chi connectivity index (χ0n) is 9.38. The minimum absolute atomic E-state index is 0.0830. The van der Waals surface area contributed by atoms with Gasteiger partial charge in [-0.1, -0.05) is 12.1 Å². The number of hydrogen-bond donors (Lipinski definition) is 1. The Labute approximate surface area is 96.0 Å². The summed E-state index contributed by atoms with van der Waals surface area (Å²) in [5.41, 5.74) is 0.980. The predicted octanol–water partition coefficient (Wildman–Crippen LogP) is 1.90. The molecule has 0 bridgehead atoms. The molecule has 1 N–H and O–H groups in total. The molecule has 1 rings (SSSR count). The van der Waals surface area contributed by atoms with Crippen molar-refractivity contribution in [2.24, 2.45) is 0 Å². The third-order valence-electron chi connectivity index (χ3n) is 2.20. The first-order valence-electron chi connectivity index (χ1n) is 5.11. The van der Waals surface area contributed by atoms with Crippen LogP contribution in [0, 0.1) is 0 Å². The number of rotatable bonds is 5. The van der Waals surface area contributed by atoms with Crippen LogP contribution >= 0.6 is 0 Å². The molecule has 1 aromatic carbocycles. The highest BCUT2D eigenvalue weighted by atomic mass is 32.2. The number of ether oxygens (including phenoxy) is 1. The van der Waals surface area contributed by atoms with E-state index in [9.17, 15) is 8.42 Å². The second kappa shape index (κ2) is 5.43. The quantitative estimate of drug-likeness (QED) is 0.803. The molecule has 0 aliphatic heterocycles. The van der Waals surface area contributed by atoms with Crippen LogP contribution in [0.4, 0.5) is 0 Å². The lowest BCUT2D eigenvalue weighted by atomic mass is 10.1. The third kappa shape index (κ3) is 3.92. The normalized spacial score (nSPS) is 13.7. The summed E-state index contributed by atoms with van der Waals surface area (Å²) >= 11 is 0. The predicted molar refractivity (Wildman–Crippen MR) is 61.0 cm³/mol. The largest absolute Gasteiger partial charge is 0.378 e. The zero-order valence-corrected chi connectivity index (χ0v) is 10.2. The lowest BCUT2D eigenvalue weighted by molar-refractivity contribution is 0.0768. The number of benzene rings is 1. The summed E-state index contributed by atoms with van der Waals surface area (Å²) in [6.07, 6.45) is 0.821. The van der Waals surface area contributed by atoms with Crippen LogP contribution in [0.5, 0.6) is 0 Å². The summed E-state index contributed by atoms with van der Waals surface area (Å²) in [7, 11) is -4.09. The van der Waals surface area contributed by atoms with Gasteiger partial charge in [-0.15, -0.1) is 0 Å². The summed E-state index contributed by atoms with van der Waals surface area (Å²) in [5.74, 6) is 0. The molecule has 0 aromatic heterocycles. The fourth-order valence-electron chi connectivity index (χ4n) is 1.47. The molecular weight excluding hydrogens is 228 g/mol. The molecule has 0 heterocycles. The first kappa shape index (κ1) is 13.2. The fraction of sp³-hybridized carbons (Fsp3) is 0.455. The highest BCUT2D eigenvalue weighted by Crippen LogP contribution is 2.12. The van der Waals surface area contributed by atoms with Crippen molar-refractivity contribution in [2.45, 2.75) is 31.3 Å². The van der Waals surface area contributed by atoms with Crippen LogP contribution in [0.15, 0.2) is 29.2 Å². The van der Waals surface area contributed by atoms with Crippen LogP contribution in [-0.2, 0) is 21.3 Å². The van der Waals surface area contributed by atoms with Crippen LogP contribution in [0.1, 0.15) is 19.4 Å². The van der Waals surface area contributed by atoms with Gasteiger partial charge in [-0.25, -0.2) is 0 Å². The van der Waals surface area contributed by atoms with E-state index in [1.165, 1.54) is 12.1 Å². The van der Waals surface area contributed by atoms with Gasteiger partial charge in [0.25, 0.3) is 10.1 Å². The van der Waals surface area contributed by atoms with Gasteiger partial charge in [0.2, 0.25) is 0 Å². The molecule has 90 valence electrons. The molecule has 0 saturated heterocycles. The van der Waals surface area contributed by atoms with Crippen molar-refractivity contribution in [3.63, 3.8) is 0 Å². The molecule has 0 aliphatic rings. The van der Waals surface area contributed by atoms with Crippen molar-refractivity contribution in [1.29, 1.82) is 0 Å². The first-order valence-corrected chi connectivity index (χ1v) is 6.55. The molecule has 0 fully saturated rings. The van der Waals surface area contributed by atoms with E-state index in [0.29, 0.717) is 6.61 Å². The Morgan fingerprint density at radius 1 is 1.31 bits per heavy atom. The monoisotopic (exact) mass is 244 g/mol. The molecule has 0 aliphatic carbocycles. The molecule has 1 unspecified atom stereocenters. The maximum atomic E-state index is 10.8. The van der Waals surface area contributed by atoms with Crippen molar-refractivity contribution in [3.8, 4) is 0 Å². The van der Waals surface area contributed by atoms with Crippen LogP contribution < -0.4 is 0 Å². The minimum Gasteiger partial charge on any atom is -0.378 e. The van der Waals surface area contributed by atoms with Crippen molar-refractivity contribution < 1.29 is 17.7 Å². The molecular formula is C11H16O4S. The average molecular weight is 244 g/mol. The van der Waals surface area contributed by atoms with Gasteiger partial charge in [0, 0.05) is 6.61 Å². The Bertz CT molecular complexity index is 422. The van der Waals surface area contributed by atoms with Gasteiger partial charge >= 0.3 is 0 Å². The van der Waals surface area contributed by atoms with E-state index in [-0.39, 0.29) is 11.0 Å². The molecule has 0 saturated carbocycles. The van der Waals surface area contributed by atoms with Crippen LogP contribution in [0.25, 0.3) is 0 Å². The molecule has 0 spiro atoms. The Kier molecular flexibility index (Phi) is 4.46. The lowest BCUT2D eigenvalue weighted by Crippen LogP contribution is -2.11. The maximum absolute atomic E-state index is 10.8. The van der Waals surface area contributed by atoms with E-state index in [0.717, 1.165) is 12.0 Å². The second-order valence-corrected chi connectivity index (χ2v) is 5.01. The Hall–Kier alpha value is -0.910. The SMILES string of the molecule is CCOC(C)Cc1ccc(S(=O)(=O)O)cc1. The third-order valence-corrected chi connectivity index (χ3v) is 3.06. The Morgan fingerprint density at radius 3 is 2.31 bits per heavy atom. The van der Waals surface area contributed by atoms with Gasteiger partial charge in [-0.3, -0.25) is 4.55 Å². The lowest BCUT2D eigenvalue weighted by Gasteiger charge is -2.11. The summed E-state index contributed by atoms with van der Waals surface area (Å²) in [6, 6.07) is 6.14.